The molecule has 4 atom stereocenters. The predicted octanol–water partition coefficient (Wildman–Crippen LogP) is 1.40. The number of nitrogens with one attached hydrogen (secondary N) is 1. The smallest absolute Gasteiger partial charge is 0.408 e. The number of alkyl carbamates (subject to hydrolysis) is 1. The monoisotopic (exact) mass is 339 g/mol. The first kappa shape index (κ1) is 18.5. The number of carbonyl (C=O) groups excluding carboxylic acids is 3. The average molecular weight is 339 g/mol. The Morgan fingerprint density at radius 2 is 1.71 bits per heavy atom. The van der Waals surface area contributed by atoms with Crippen molar-refractivity contribution in [1.82, 2.24) is 10.2 Å². The zero-order valence-electron chi connectivity index (χ0n) is 15.4. The van der Waals surface area contributed by atoms with Gasteiger partial charge in [0, 0.05) is 6.04 Å². The lowest BCUT2D eigenvalue weighted by Crippen LogP contribution is -2.58. The number of rotatable bonds is 3. The van der Waals surface area contributed by atoms with Crippen LogP contribution in [0.3, 0.4) is 0 Å². The molecule has 136 valence electrons. The van der Waals surface area contributed by atoms with E-state index in [2.05, 4.69) is 5.32 Å². The summed E-state index contributed by atoms with van der Waals surface area (Å²) in [6.07, 6.45) is 0.881. The standard InChI is InChI=1S/C17H29N3O4/c1-16(2,3)12(19-15(23)24-17(4,5)6)14(22)20-10-7-9(10)8-11(20)13(18)21/h9-12H,7-8H2,1-6H3,(H2,18,21)(H,19,23)/t9?,10?,11?,12-/m1/s1. The van der Waals surface area contributed by atoms with Crippen molar-refractivity contribution in [2.24, 2.45) is 17.1 Å². The van der Waals surface area contributed by atoms with Crippen LogP contribution >= 0.6 is 0 Å². The molecule has 2 aliphatic rings. The van der Waals surface area contributed by atoms with Crippen molar-refractivity contribution >= 4 is 17.9 Å². The Labute approximate surface area is 143 Å². The Bertz CT molecular complexity index is 547. The highest BCUT2D eigenvalue weighted by molar-refractivity contribution is 5.92. The summed E-state index contributed by atoms with van der Waals surface area (Å²) in [5.74, 6) is -0.392. The highest BCUT2D eigenvalue weighted by Gasteiger charge is 2.57. The van der Waals surface area contributed by atoms with Crippen molar-refractivity contribution in [3.05, 3.63) is 0 Å². The Balaban J connectivity index is 2.17. The molecule has 3 amide bonds. The molecule has 7 nitrogen and oxygen atoms in total. The molecule has 0 aromatic heterocycles. The van der Waals surface area contributed by atoms with Gasteiger partial charge in [0.05, 0.1) is 0 Å². The van der Waals surface area contributed by atoms with Gasteiger partial charge in [0.25, 0.3) is 0 Å². The number of fused-ring (bicyclic) bond motifs is 1. The van der Waals surface area contributed by atoms with E-state index in [1.807, 2.05) is 20.8 Å². The van der Waals surface area contributed by atoms with Crippen LogP contribution in [0.5, 0.6) is 0 Å². The van der Waals surface area contributed by atoms with E-state index < -0.39 is 35.1 Å². The lowest BCUT2D eigenvalue weighted by atomic mass is 9.85. The average Bonchev–Trinajstić information content (AvgIpc) is 3.02. The number of amides is 3. The summed E-state index contributed by atoms with van der Waals surface area (Å²) in [6, 6.07) is -1.29. The molecule has 1 aliphatic heterocycles. The number of hydrogen-bond acceptors (Lipinski definition) is 4. The Hall–Kier alpha value is -1.79. The first-order chi connectivity index (χ1) is 10.8. The van der Waals surface area contributed by atoms with Gasteiger partial charge >= 0.3 is 6.09 Å². The molecule has 3 N–H and O–H groups in total. The van der Waals surface area contributed by atoms with Crippen molar-refractivity contribution in [2.75, 3.05) is 0 Å². The lowest BCUT2D eigenvalue weighted by Gasteiger charge is -2.36. The SMILES string of the molecule is CC(C)(C)OC(=O)N[C@H](C(=O)N1C(C(N)=O)CC2CC21)C(C)(C)C. The molecule has 1 aliphatic carbocycles. The third-order valence-corrected chi connectivity index (χ3v) is 4.46. The summed E-state index contributed by atoms with van der Waals surface area (Å²) < 4.78 is 5.28. The first-order valence-electron chi connectivity index (χ1n) is 8.42. The molecule has 0 spiro atoms. The molecule has 3 unspecified atom stereocenters. The Morgan fingerprint density at radius 1 is 1.12 bits per heavy atom. The van der Waals surface area contributed by atoms with Crippen LogP contribution in [0, 0.1) is 11.3 Å². The van der Waals surface area contributed by atoms with E-state index in [1.165, 1.54) is 0 Å². The van der Waals surface area contributed by atoms with Crippen LogP contribution in [0.4, 0.5) is 4.79 Å². The topological polar surface area (TPSA) is 102 Å². The van der Waals surface area contributed by atoms with Gasteiger partial charge in [-0.05, 0) is 44.9 Å². The third-order valence-electron chi connectivity index (χ3n) is 4.46. The molecular weight excluding hydrogens is 310 g/mol. The summed E-state index contributed by atoms with van der Waals surface area (Å²) >= 11 is 0. The number of likely N-dealkylation sites (tertiary alicyclic amines) is 1. The molecule has 0 aromatic carbocycles. The second kappa shape index (κ2) is 5.93. The highest BCUT2D eigenvalue weighted by Crippen LogP contribution is 2.48. The predicted molar refractivity (Wildman–Crippen MR) is 89.0 cm³/mol. The summed E-state index contributed by atoms with van der Waals surface area (Å²) in [5.41, 5.74) is 4.28. The molecule has 1 saturated heterocycles. The molecule has 7 heteroatoms. The molecule has 24 heavy (non-hydrogen) atoms. The number of ether oxygens (including phenoxy) is 1. The van der Waals surface area contributed by atoms with Crippen LogP contribution in [-0.2, 0) is 14.3 Å². The molecule has 0 bridgehead atoms. The molecule has 0 aromatic rings. The Kier molecular flexibility index (Phi) is 4.59. The second-order valence-electron chi connectivity index (χ2n) is 8.91. The summed E-state index contributed by atoms with van der Waals surface area (Å²) in [4.78, 5) is 38.5. The fourth-order valence-corrected chi connectivity index (χ4v) is 3.25. The summed E-state index contributed by atoms with van der Waals surface area (Å²) in [5, 5.41) is 2.68. The number of carbonyl (C=O) groups is 3. The number of nitrogens with zero attached hydrogens (tertiary/aromatic N) is 1. The minimum absolute atomic E-state index is 0.0697. The van der Waals surface area contributed by atoms with Crippen LogP contribution in [0.1, 0.15) is 54.4 Å². The quantitative estimate of drug-likeness (QED) is 0.811. The van der Waals surface area contributed by atoms with Gasteiger partial charge in [-0.3, -0.25) is 9.59 Å². The normalized spacial score (nSPS) is 27.2. The zero-order chi connectivity index (χ0) is 18.4. The molecule has 1 heterocycles. The molecule has 0 radical (unpaired) electrons. The largest absolute Gasteiger partial charge is 0.444 e. The summed E-state index contributed by atoms with van der Waals surface area (Å²) in [7, 11) is 0. The van der Waals surface area contributed by atoms with Gasteiger partial charge in [0.15, 0.2) is 0 Å². The van der Waals surface area contributed by atoms with E-state index in [1.54, 1.807) is 25.7 Å². The van der Waals surface area contributed by atoms with Gasteiger partial charge in [-0.2, -0.15) is 0 Å². The fraction of sp³-hybridized carbons (Fsp3) is 0.824. The van der Waals surface area contributed by atoms with E-state index in [4.69, 9.17) is 10.5 Å². The second-order valence-corrected chi connectivity index (χ2v) is 8.91. The maximum atomic E-state index is 13.1. The number of nitrogens with two attached hydrogens (primary N) is 1. The van der Waals surface area contributed by atoms with Gasteiger partial charge in [-0.1, -0.05) is 20.8 Å². The van der Waals surface area contributed by atoms with E-state index in [0.717, 1.165) is 6.42 Å². The van der Waals surface area contributed by atoms with Crippen LogP contribution < -0.4 is 11.1 Å². The maximum absolute atomic E-state index is 13.1. The number of hydrogen-bond donors (Lipinski definition) is 2. The van der Waals surface area contributed by atoms with Crippen molar-refractivity contribution in [1.29, 1.82) is 0 Å². The first-order valence-corrected chi connectivity index (χ1v) is 8.42. The minimum Gasteiger partial charge on any atom is -0.444 e. The van der Waals surface area contributed by atoms with Crippen LogP contribution in [0.25, 0.3) is 0 Å². The minimum atomic E-state index is -0.784. The third kappa shape index (κ3) is 3.99. The van der Waals surface area contributed by atoms with Gasteiger partial charge < -0.3 is 20.7 Å². The summed E-state index contributed by atoms with van der Waals surface area (Å²) in [6.45, 7) is 10.9. The number of piperidine rings is 1. The number of primary amides is 1. The zero-order valence-corrected chi connectivity index (χ0v) is 15.4. The van der Waals surface area contributed by atoms with Crippen molar-refractivity contribution in [3.8, 4) is 0 Å². The van der Waals surface area contributed by atoms with Crippen LogP contribution in [0.2, 0.25) is 0 Å². The van der Waals surface area contributed by atoms with E-state index in [0.29, 0.717) is 12.3 Å². The van der Waals surface area contributed by atoms with Crippen molar-refractivity contribution in [3.63, 3.8) is 0 Å². The van der Waals surface area contributed by atoms with Gasteiger partial charge in [0.2, 0.25) is 11.8 Å². The van der Waals surface area contributed by atoms with Gasteiger partial charge in [-0.15, -0.1) is 0 Å². The van der Waals surface area contributed by atoms with E-state index >= 15 is 0 Å². The van der Waals surface area contributed by atoms with E-state index in [-0.39, 0.29) is 11.9 Å². The molecule has 1 saturated carbocycles. The fourth-order valence-electron chi connectivity index (χ4n) is 3.25. The lowest BCUT2D eigenvalue weighted by molar-refractivity contribution is -0.142. The molecule has 2 rings (SSSR count). The highest BCUT2D eigenvalue weighted by atomic mass is 16.6. The van der Waals surface area contributed by atoms with E-state index in [9.17, 15) is 14.4 Å². The Morgan fingerprint density at radius 3 is 2.17 bits per heavy atom. The van der Waals surface area contributed by atoms with Gasteiger partial charge in [-0.25, -0.2) is 4.79 Å². The van der Waals surface area contributed by atoms with Gasteiger partial charge in [0.1, 0.15) is 17.7 Å². The van der Waals surface area contributed by atoms with Crippen molar-refractivity contribution in [2.45, 2.75) is 78.1 Å². The van der Waals surface area contributed by atoms with Crippen molar-refractivity contribution < 1.29 is 19.1 Å². The maximum Gasteiger partial charge on any atom is 0.408 e. The molecule has 2 fully saturated rings. The van der Waals surface area contributed by atoms with Crippen LogP contribution in [0.15, 0.2) is 0 Å². The molecular formula is C17H29N3O4. The van der Waals surface area contributed by atoms with Crippen LogP contribution in [-0.4, -0.2) is 46.5 Å².